The fourth-order valence-electron chi connectivity index (χ4n) is 2.79. The van der Waals surface area contributed by atoms with Gasteiger partial charge in [-0.3, -0.25) is 0 Å². The van der Waals surface area contributed by atoms with Crippen LogP contribution in [0.1, 0.15) is 18.4 Å². The normalized spacial score (nSPS) is 26.4. The van der Waals surface area contributed by atoms with E-state index in [9.17, 15) is 0 Å². The Morgan fingerprint density at radius 1 is 1.37 bits per heavy atom. The van der Waals surface area contributed by atoms with E-state index >= 15 is 0 Å². The Labute approximate surface area is 119 Å². The number of hydrogen-bond acceptors (Lipinski definition) is 4. The minimum Gasteiger partial charge on any atom is -0.497 e. The van der Waals surface area contributed by atoms with E-state index < -0.39 is 0 Å². The summed E-state index contributed by atoms with van der Waals surface area (Å²) in [7, 11) is 1.69. The third kappa shape index (κ3) is 3.18. The van der Waals surface area contributed by atoms with Crippen molar-refractivity contribution in [3.8, 4) is 11.5 Å². The van der Waals surface area contributed by atoms with Gasteiger partial charge in [0.2, 0.25) is 0 Å². The summed E-state index contributed by atoms with van der Waals surface area (Å²) in [6.07, 6.45) is 3.70. The minimum atomic E-state index is 0.449. The van der Waals surface area contributed by atoms with E-state index in [4.69, 9.17) is 9.47 Å². The maximum absolute atomic E-state index is 5.87. The minimum absolute atomic E-state index is 0.449. The van der Waals surface area contributed by atoms with E-state index in [0.29, 0.717) is 12.1 Å². The van der Waals surface area contributed by atoms with Crippen molar-refractivity contribution in [2.45, 2.75) is 31.3 Å². The van der Waals surface area contributed by atoms with Crippen molar-refractivity contribution in [1.29, 1.82) is 0 Å². The summed E-state index contributed by atoms with van der Waals surface area (Å²) in [6.45, 7) is 0.765. The molecule has 2 aliphatic heterocycles. The standard InChI is InChI=1S/C15H21NO2S/c1-17-14-5-4-11-7-13(9-18-15(11)8-14)16-12-3-2-6-19-10-12/h4-5,8,12-13,16H,2-3,6-7,9-10H2,1H3. The molecule has 3 rings (SSSR count). The van der Waals surface area contributed by atoms with Crippen molar-refractivity contribution in [2.75, 3.05) is 25.2 Å². The smallest absolute Gasteiger partial charge is 0.126 e. The zero-order valence-corrected chi connectivity index (χ0v) is 12.2. The molecule has 0 aromatic heterocycles. The molecule has 1 aromatic carbocycles. The van der Waals surface area contributed by atoms with E-state index in [1.54, 1.807) is 7.11 Å². The molecule has 1 fully saturated rings. The molecule has 2 heterocycles. The lowest BCUT2D eigenvalue weighted by Crippen LogP contribution is -2.46. The van der Waals surface area contributed by atoms with Gasteiger partial charge in [-0.1, -0.05) is 6.07 Å². The van der Waals surface area contributed by atoms with Gasteiger partial charge in [-0.05, 0) is 36.6 Å². The highest BCUT2D eigenvalue weighted by atomic mass is 32.2. The number of nitrogens with one attached hydrogen (secondary N) is 1. The van der Waals surface area contributed by atoms with Crippen molar-refractivity contribution < 1.29 is 9.47 Å². The van der Waals surface area contributed by atoms with Crippen LogP contribution in [0.15, 0.2) is 18.2 Å². The fraction of sp³-hybridized carbons (Fsp3) is 0.600. The van der Waals surface area contributed by atoms with Crippen molar-refractivity contribution in [3.63, 3.8) is 0 Å². The molecule has 1 saturated heterocycles. The maximum atomic E-state index is 5.87. The quantitative estimate of drug-likeness (QED) is 0.921. The first-order valence-electron chi connectivity index (χ1n) is 6.98. The van der Waals surface area contributed by atoms with Crippen LogP contribution >= 0.6 is 11.8 Å². The van der Waals surface area contributed by atoms with Gasteiger partial charge in [-0.25, -0.2) is 0 Å². The van der Waals surface area contributed by atoms with Crippen LogP contribution in [-0.4, -0.2) is 37.3 Å². The van der Waals surface area contributed by atoms with E-state index in [2.05, 4.69) is 23.1 Å². The van der Waals surface area contributed by atoms with Gasteiger partial charge in [0.1, 0.15) is 18.1 Å². The number of methoxy groups -OCH3 is 1. The molecular weight excluding hydrogens is 258 g/mol. The topological polar surface area (TPSA) is 30.5 Å². The van der Waals surface area contributed by atoms with Crippen molar-refractivity contribution in [3.05, 3.63) is 23.8 Å². The lowest BCUT2D eigenvalue weighted by molar-refractivity contribution is 0.226. The molecule has 2 unspecified atom stereocenters. The number of thioether (sulfide) groups is 1. The molecule has 0 radical (unpaired) electrons. The first kappa shape index (κ1) is 13.1. The van der Waals surface area contributed by atoms with Crippen LogP contribution in [-0.2, 0) is 6.42 Å². The molecule has 4 heteroatoms. The summed E-state index contributed by atoms with van der Waals surface area (Å²) in [5.74, 6) is 4.41. The van der Waals surface area contributed by atoms with Crippen LogP contribution in [0.3, 0.4) is 0 Å². The number of benzene rings is 1. The Morgan fingerprint density at radius 2 is 2.32 bits per heavy atom. The zero-order valence-electron chi connectivity index (χ0n) is 11.4. The Hall–Kier alpha value is -0.870. The SMILES string of the molecule is COc1ccc2c(c1)OCC(NC1CCCSC1)C2. The molecule has 3 nitrogen and oxygen atoms in total. The van der Waals surface area contributed by atoms with Gasteiger partial charge in [-0.2, -0.15) is 11.8 Å². The third-order valence-corrected chi connectivity index (χ3v) is 5.03. The summed E-state index contributed by atoms with van der Waals surface area (Å²) in [4.78, 5) is 0. The number of rotatable bonds is 3. The van der Waals surface area contributed by atoms with Gasteiger partial charge in [0.15, 0.2) is 0 Å². The van der Waals surface area contributed by atoms with Crippen molar-refractivity contribution in [1.82, 2.24) is 5.32 Å². The molecule has 1 N–H and O–H groups in total. The average molecular weight is 279 g/mol. The second kappa shape index (κ2) is 6.06. The van der Waals surface area contributed by atoms with Crippen molar-refractivity contribution >= 4 is 11.8 Å². The molecule has 0 spiro atoms. The van der Waals surface area contributed by atoms with E-state index in [0.717, 1.165) is 24.5 Å². The first-order chi connectivity index (χ1) is 9.35. The Morgan fingerprint density at radius 3 is 3.11 bits per heavy atom. The number of ether oxygens (including phenoxy) is 2. The molecule has 0 aliphatic carbocycles. The van der Waals surface area contributed by atoms with Gasteiger partial charge in [0, 0.05) is 23.9 Å². The van der Waals surface area contributed by atoms with Gasteiger partial charge in [0.25, 0.3) is 0 Å². The molecule has 19 heavy (non-hydrogen) atoms. The molecule has 0 bridgehead atoms. The van der Waals surface area contributed by atoms with Crippen LogP contribution in [0, 0.1) is 0 Å². The maximum Gasteiger partial charge on any atom is 0.126 e. The lowest BCUT2D eigenvalue weighted by atomic mass is 10.0. The zero-order chi connectivity index (χ0) is 13.1. The van der Waals surface area contributed by atoms with E-state index in [1.807, 2.05) is 12.1 Å². The van der Waals surface area contributed by atoms with Crippen LogP contribution in [0.4, 0.5) is 0 Å². The van der Waals surface area contributed by atoms with Crippen LogP contribution in [0.25, 0.3) is 0 Å². The lowest BCUT2D eigenvalue weighted by Gasteiger charge is -2.31. The van der Waals surface area contributed by atoms with Gasteiger partial charge in [-0.15, -0.1) is 0 Å². The average Bonchev–Trinajstić information content (AvgIpc) is 2.48. The number of hydrogen-bond donors (Lipinski definition) is 1. The van der Waals surface area contributed by atoms with Crippen LogP contribution < -0.4 is 14.8 Å². The van der Waals surface area contributed by atoms with Gasteiger partial charge in [0.05, 0.1) is 7.11 Å². The fourth-order valence-corrected chi connectivity index (χ4v) is 3.88. The first-order valence-corrected chi connectivity index (χ1v) is 8.14. The van der Waals surface area contributed by atoms with Crippen molar-refractivity contribution in [2.24, 2.45) is 0 Å². The molecular formula is C15H21NO2S. The molecule has 2 atom stereocenters. The molecule has 2 aliphatic rings. The highest BCUT2D eigenvalue weighted by Gasteiger charge is 2.23. The summed E-state index contributed by atoms with van der Waals surface area (Å²) >= 11 is 2.06. The molecule has 1 aromatic rings. The van der Waals surface area contributed by atoms with E-state index in [-0.39, 0.29) is 0 Å². The van der Waals surface area contributed by atoms with Gasteiger partial charge >= 0.3 is 0 Å². The summed E-state index contributed by atoms with van der Waals surface area (Å²) in [5, 5.41) is 3.75. The monoisotopic (exact) mass is 279 g/mol. The second-order valence-corrected chi connectivity index (χ2v) is 6.42. The summed E-state index contributed by atoms with van der Waals surface area (Å²) < 4.78 is 11.1. The van der Waals surface area contributed by atoms with E-state index in [1.165, 1.54) is 29.9 Å². The molecule has 0 amide bonds. The van der Waals surface area contributed by atoms with Gasteiger partial charge < -0.3 is 14.8 Å². The highest BCUT2D eigenvalue weighted by Crippen LogP contribution is 2.29. The second-order valence-electron chi connectivity index (χ2n) is 5.27. The summed E-state index contributed by atoms with van der Waals surface area (Å²) in [5.41, 5.74) is 1.29. The Balaban J connectivity index is 1.61. The predicted molar refractivity (Wildman–Crippen MR) is 79.5 cm³/mol. The summed E-state index contributed by atoms with van der Waals surface area (Å²) in [6, 6.07) is 7.23. The van der Waals surface area contributed by atoms with Crippen LogP contribution in [0.2, 0.25) is 0 Å². The largest absolute Gasteiger partial charge is 0.497 e. The predicted octanol–water partition coefficient (Wildman–Crippen LogP) is 2.48. The Bertz CT molecular complexity index is 432. The Kier molecular flexibility index (Phi) is 4.18. The number of fused-ring (bicyclic) bond motifs is 1. The molecule has 0 saturated carbocycles. The van der Waals surface area contributed by atoms with Crippen LogP contribution in [0.5, 0.6) is 11.5 Å². The third-order valence-electron chi connectivity index (χ3n) is 3.81. The highest BCUT2D eigenvalue weighted by molar-refractivity contribution is 7.99. The molecule has 104 valence electrons.